The third-order valence-electron chi connectivity index (χ3n) is 2.32. The monoisotopic (exact) mass is 312 g/mol. The number of carboxylic acids is 1. The van der Waals surface area contributed by atoms with Gasteiger partial charge in [-0.25, -0.2) is 9.78 Å². The smallest absolute Gasteiger partial charge is 0.355 e. The number of hydrogen-bond donors (Lipinski definition) is 2. The van der Waals surface area contributed by atoms with E-state index in [9.17, 15) is 9.59 Å². The first-order valence-corrected chi connectivity index (χ1v) is 6.72. The maximum Gasteiger partial charge on any atom is 0.355 e. The molecule has 0 saturated carbocycles. The van der Waals surface area contributed by atoms with Gasteiger partial charge >= 0.3 is 5.97 Å². The van der Waals surface area contributed by atoms with Crippen molar-refractivity contribution in [3.8, 4) is 0 Å². The second-order valence-electron chi connectivity index (χ2n) is 3.81. The van der Waals surface area contributed by atoms with Gasteiger partial charge in [-0.2, -0.15) is 0 Å². The van der Waals surface area contributed by atoms with Crippen LogP contribution in [0.15, 0.2) is 17.5 Å². The Kier molecular flexibility index (Phi) is 4.26. The minimum atomic E-state index is -1.10. The maximum atomic E-state index is 11.9. The van der Waals surface area contributed by atoms with Crippen LogP contribution in [0.4, 0.5) is 0 Å². The van der Waals surface area contributed by atoms with Gasteiger partial charge in [0.25, 0.3) is 5.91 Å². The first kappa shape index (κ1) is 14.4. The van der Waals surface area contributed by atoms with Gasteiger partial charge in [0, 0.05) is 5.38 Å². The van der Waals surface area contributed by atoms with E-state index < -0.39 is 17.9 Å². The Morgan fingerprint density at radius 2 is 2.10 bits per heavy atom. The normalized spacial score (nSPS) is 11.9. The molecular weight excluding hydrogens is 304 g/mol. The van der Waals surface area contributed by atoms with Crippen LogP contribution in [0.5, 0.6) is 0 Å². The van der Waals surface area contributed by atoms with Crippen molar-refractivity contribution in [2.75, 3.05) is 0 Å². The fraction of sp³-hybridized carbons (Fsp3) is 0.182. The maximum absolute atomic E-state index is 11.9. The highest BCUT2D eigenvalue weighted by molar-refractivity contribution is 7.09. The van der Waals surface area contributed by atoms with Crippen molar-refractivity contribution in [3.63, 3.8) is 0 Å². The van der Waals surface area contributed by atoms with Crippen molar-refractivity contribution in [1.29, 1.82) is 0 Å². The van der Waals surface area contributed by atoms with Gasteiger partial charge in [-0.3, -0.25) is 4.79 Å². The average molecular weight is 313 g/mol. The Hall–Kier alpha value is -2.06. The van der Waals surface area contributed by atoms with E-state index in [2.05, 4.69) is 20.5 Å². The highest BCUT2D eigenvalue weighted by atomic mass is 35.5. The predicted molar refractivity (Wildman–Crippen MR) is 72.0 cm³/mol. The van der Waals surface area contributed by atoms with Gasteiger partial charge in [0.2, 0.25) is 0 Å². The van der Waals surface area contributed by atoms with E-state index in [-0.39, 0.29) is 16.5 Å². The average Bonchev–Trinajstić information content (AvgIpc) is 2.89. The molecule has 2 heterocycles. The van der Waals surface area contributed by atoms with Crippen LogP contribution >= 0.6 is 22.9 Å². The molecule has 104 valence electrons. The molecule has 2 aromatic heterocycles. The molecule has 7 nitrogen and oxygen atoms in total. The van der Waals surface area contributed by atoms with E-state index in [4.69, 9.17) is 16.7 Å². The lowest BCUT2D eigenvalue weighted by Gasteiger charge is -2.10. The van der Waals surface area contributed by atoms with Gasteiger partial charge in [-0.05, 0) is 19.1 Å². The number of nitrogens with zero attached hydrogens (tertiary/aromatic N) is 3. The fourth-order valence-electron chi connectivity index (χ4n) is 1.35. The Balaban J connectivity index is 2.06. The van der Waals surface area contributed by atoms with E-state index in [0.717, 1.165) is 11.3 Å². The highest BCUT2D eigenvalue weighted by Gasteiger charge is 2.17. The Morgan fingerprint density at radius 3 is 2.65 bits per heavy atom. The van der Waals surface area contributed by atoms with E-state index >= 15 is 0 Å². The molecule has 0 aliphatic carbocycles. The molecule has 0 fully saturated rings. The first-order chi connectivity index (χ1) is 9.47. The number of carboxylic acid groups (broad SMARTS) is 1. The molecule has 2 rings (SSSR count). The van der Waals surface area contributed by atoms with Gasteiger partial charge in [0.15, 0.2) is 16.5 Å². The Morgan fingerprint density at radius 1 is 1.35 bits per heavy atom. The van der Waals surface area contributed by atoms with Crippen molar-refractivity contribution >= 4 is 34.8 Å². The van der Waals surface area contributed by atoms with Crippen molar-refractivity contribution in [2.24, 2.45) is 0 Å². The summed E-state index contributed by atoms with van der Waals surface area (Å²) in [6.07, 6.45) is 0. The van der Waals surface area contributed by atoms with Gasteiger partial charge in [0.05, 0.1) is 6.04 Å². The number of nitrogens with one attached hydrogen (secondary N) is 1. The summed E-state index contributed by atoms with van der Waals surface area (Å²) in [6.45, 7) is 1.70. The molecular formula is C11H9ClN4O3S. The molecule has 1 atom stereocenters. The van der Waals surface area contributed by atoms with Crippen molar-refractivity contribution in [3.05, 3.63) is 39.1 Å². The summed E-state index contributed by atoms with van der Waals surface area (Å²) >= 11 is 6.74. The van der Waals surface area contributed by atoms with Crippen molar-refractivity contribution in [1.82, 2.24) is 20.5 Å². The number of carbonyl (C=O) groups is 2. The molecule has 0 aromatic carbocycles. The molecule has 2 N–H and O–H groups in total. The Bertz CT molecular complexity index is 643. The lowest BCUT2D eigenvalue weighted by Crippen LogP contribution is -2.27. The van der Waals surface area contributed by atoms with E-state index in [0.29, 0.717) is 5.01 Å². The highest BCUT2D eigenvalue weighted by Crippen LogP contribution is 2.18. The Labute approximate surface area is 122 Å². The minimum absolute atomic E-state index is 0.0441. The molecule has 0 saturated heterocycles. The van der Waals surface area contributed by atoms with Gasteiger partial charge in [0.1, 0.15) is 5.01 Å². The van der Waals surface area contributed by atoms with Crippen molar-refractivity contribution in [2.45, 2.75) is 13.0 Å². The minimum Gasteiger partial charge on any atom is -0.476 e. The molecule has 0 aliphatic rings. The zero-order valence-electron chi connectivity index (χ0n) is 10.2. The molecule has 0 radical (unpaired) electrons. The van der Waals surface area contributed by atoms with Crippen molar-refractivity contribution < 1.29 is 14.7 Å². The third-order valence-corrected chi connectivity index (χ3v) is 3.55. The number of aromatic carboxylic acids is 1. The number of aromatic nitrogens is 3. The summed E-state index contributed by atoms with van der Waals surface area (Å²) in [5.74, 6) is -1.54. The van der Waals surface area contributed by atoms with E-state index in [1.807, 2.05) is 0 Å². The van der Waals surface area contributed by atoms with Gasteiger partial charge in [-0.1, -0.05) is 11.6 Å². The number of rotatable bonds is 4. The number of carbonyl (C=O) groups excluding carboxylic acids is 1. The first-order valence-electron chi connectivity index (χ1n) is 5.46. The molecule has 0 bridgehead atoms. The van der Waals surface area contributed by atoms with Crippen LogP contribution < -0.4 is 5.32 Å². The van der Waals surface area contributed by atoms with Crippen LogP contribution in [-0.4, -0.2) is 32.2 Å². The molecule has 2 aromatic rings. The van der Waals surface area contributed by atoms with Crippen LogP contribution in [0.2, 0.25) is 5.15 Å². The molecule has 0 aliphatic heterocycles. The lowest BCUT2D eigenvalue weighted by atomic mass is 10.3. The summed E-state index contributed by atoms with van der Waals surface area (Å²) in [5, 5.41) is 20.8. The molecule has 1 unspecified atom stereocenters. The number of thiazole rings is 1. The fourth-order valence-corrected chi connectivity index (χ4v) is 2.25. The van der Waals surface area contributed by atoms with Crippen LogP contribution in [0.3, 0.4) is 0 Å². The number of hydrogen-bond acceptors (Lipinski definition) is 6. The summed E-state index contributed by atoms with van der Waals surface area (Å²) in [6, 6.07) is 2.47. The summed E-state index contributed by atoms with van der Waals surface area (Å²) in [7, 11) is 0. The van der Waals surface area contributed by atoms with Crippen LogP contribution in [0, 0.1) is 0 Å². The zero-order valence-corrected chi connectivity index (χ0v) is 11.8. The summed E-state index contributed by atoms with van der Waals surface area (Å²) in [4.78, 5) is 26.5. The quantitative estimate of drug-likeness (QED) is 0.891. The van der Waals surface area contributed by atoms with Crippen LogP contribution in [0.1, 0.15) is 39.0 Å². The van der Waals surface area contributed by atoms with Gasteiger partial charge < -0.3 is 10.4 Å². The number of amides is 1. The predicted octanol–water partition coefficient (Wildman–Crippen LogP) is 1.78. The second kappa shape index (κ2) is 5.93. The number of halogens is 1. The molecule has 1 amide bonds. The second-order valence-corrected chi connectivity index (χ2v) is 5.09. The van der Waals surface area contributed by atoms with Crippen LogP contribution in [-0.2, 0) is 0 Å². The summed E-state index contributed by atoms with van der Waals surface area (Å²) in [5.41, 5.74) is 0.0775. The largest absolute Gasteiger partial charge is 0.476 e. The topological polar surface area (TPSA) is 105 Å². The van der Waals surface area contributed by atoms with Crippen LogP contribution in [0.25, 0.3) is 0 Å². The third kappa shape index (κ3) is 3.28. The van der Waals surface area contributed by atoms with E-state index in [1.165, 1.54) is 17.5 Å². The standard InChI is InChI=1S/C11H9ClN4O3S/c1-5(10-14-7(4-20-10)11(18)19)13-9(17)6-2-3-8(12)16-15-6/h2-5H,1H3,(H,13,17)(H,18,19). The molecule has 9 heteroatoms. The molecule has 0 spiro atoms. The van der Waals surface area contributed by atoms with E-state index in [1.54, 1.807) is 6.92 Å². The molecule has 20 heavy (non-hydrogen) atoms. The zero-order chi connectivity index (χ0) is 14.7. The summed E-state index contributed by atoms with van der Waals surface area (Å²) < 4.78 is 0. The SMILES string of the molecule is CC(NC(=O)c1ccc(Cl)nn1)c1nc(C(=O)O)cs1. The lowest BCUT2D eigenvalue weighted by molar-refractivity contribution is 0.0691. The van der Waals surface area contributed by atoms with Gasteiger partial charge in [-0.15, -0.1) is 21.5 Å².